The Hall–Kier alpha value is -1.73. The standard InChI is InChI=1S/C16H20N2O4S/c1-10-12-14(23-13(10)16(20)22-9-8-21-2)17-11-6-4-3-5-7-18(11)15(12)19/h3-9H2,1-2H3. The molecule has 1 aliphatic rings. The van der Waals surface area contributed by atoms with Gasteiger partial charge in [-0.25, -0.2) is 9.78 Å². The molecule has 1 aliphatic heterocycles. The van der Waals surface area contributed by atoms with Crippen LogP contribution in [0.5, 0.6) is 0 Å². The summed E-state index contributed by atoms with van der Waals surface area (Å²) < 4.78 is 11.8. The largest absolute Gasteiger partial charge is 0.459 e. The molecule has 2 aromatic heterocycles. The second kappa shape index (κ2) is 6.80. The Kier molecular flexibility index (Phi) is 4.77. The summed E-state index contributed by atoms with van der Waals surface area (Å²) in [5, 5.41) is 0.555. The fourth-order valence-corrected chi connectivity index (χ4v) is 3.97. The van der Waals surface area contributed by atoms with Crippen LogP contribution in [-0.4, -0.2) is 35.8 Å². The number of carbonyl (C=O) groups excluding carboxylic acids is 1. The van der Waals surface area contributed by atoms with Crippen molar-refractivity contribution in [2.75, 3.05) is 20.3 Å². The average Bonchev–Trinajstić information content (AvgIpc) is 2.71. The van der Waals surface area contributed by atoms with E-state index in [1.807, 2.05) is 0 Å². The van der Waals surface area contributed by atoms with Gasteiger partial charge in [0, 0.05) is 20.1 Å². The summed E-state index contributed by atoms with van der Waals surface area (Å²) in [4.78, 5) is 30.7. The molecule has 3 rings (SSSR count). The molecule has 0 radical (unpaired) electrons. The summed E-state index contributed by atoms with van der Waals surface area (Å²) in [6.45, 7) is 3.05. The number of aromatic nitrogens is 2. The van der Waals surface area contributed by atoms with Crippen LogP contribution in [0.15, 0.2) is 4.79 Å². The summed E-state index contributed by atoms with van der Waals surface area (Å²) >= 11 is 1.24. The van der Waals surface area contributed by atoms with Gasteiger partial charge in [0.05, 0.1) is 12.0 Å². The Morgan fingerprint density at radius 1 is 1.30 bits per heavy atom. The minimum atomic E-state index is -0.415. The number of methoxy groups -OCH3 is 1. The van der Waals surface area contributed by atoms with E-state index in [2.05, 4.69) is 4.98 Å². The Morgan fingerprint density at radius 3 is 2.91 bits per heavy atom. The molecule has 0 aliphatic carbocycles. The Balaban J connectivity index is 2.03. The van der Waals surface area contributed by atoms with E-state index in [1.165, 1.54) is 11.3 Å². The summed E-state index contributed by atoms with van der Waals surface area (Å²) in [6.07, 6.45) is 3.98. The lowest BCUT2D eigenvalue weighted by molar-refractivity contribution is 0.0393. The van der Waals surface area contributed by atoms with Crippen molar-refractivity contribution < 1.29 is 14.3 Å². The van der Waals surface area contributed by atoms with Gasteiger partial charge in [-0.2, -0.15) is 0 Å². The van der Waals surface area contributed by atoms with Gasteiger partial charge < -0.3 is 9.47 Å². The van der Waals surface area contributed by atoms with E-state index in [1.54, 1.807) is 18.6 Å². The molecule has 0 N–H and O–H groups in total. The molecule has 3 heterocycles. The topological polar surface area (TPSA) is 70.4 Å². The molecule has 0 amide bonds. The van der Waals surface area contributed by atoms with Crippen LogP contribution in [0.25, 0.3) is 10.2 Å². The zero-order valence-electron chi connectivity index (χ0n) is 13.4. The Bertz CT molecular complexity index is 793. The highest BCUT2D eigenvalue weighted by Crippen LogP contribution is 2.28. The van der Waals surface area contributed by atoms with Crippen LogP contribution in [0.1, 0.15) is 40.3 Å². The van der Waals surface area contributed by atoms with Crippen LogP contribution >= 0.6 is 11.3 Å². The maximum atomic E-state index is 12.8. The molecular formula is C16H20N2O4S. The van der Waals surface area contributed by atoms with Crippen molar-refractivity contribution in [3.05, 3.63) is 26.6 Å². The number of esters is 1. The van der Waals surface area contributed by atoms with Crippen molar-refractivity contribution in [1.29, 1.82) is 0 Å². The number of thiophene rings is 1. The fourth-order valence-electron chi connectivity index (χ4n) is 2.89. The monoisotopic (exact) mass is 336 g/mol. The third kappa shape index (κ3) is 3.03. The number of aryl methyl sites for hydroxylation is 2. The quantitative estimate of drug-likeness (QED) is 0.633. The lowest BCUT2D eigenvalue weighted by atomic mass is 10.2. The minimum absolute atomic E-state index is 0.0309. The third-order valence-corrected chi connectivity index (χ3v) is 5.28. The van der Waals surface area contributed by atoms with Crippen molar-refractivity contribution in [2.45, 2.75) is 39.2 Å². The van der Waals surface area contributed by atoms with Crippen LogP contribution in [-0.2, 0) is 22.4 Å². The first kappa shape index (κ1) is 16.1. The summed E-state index contributed by atoms with van der Waals surface area (Å²) in [7, 11) is 1.55. The zero-order chi connectivity index (χ0) is 16.4. The van der Waals surface area contributed by atoms with Crippen molar-refractivity contribution in [2.24, 2.45) is 0 Å². The highest BCUT2D eigenvalue weighted by Gasteiger charge is 2.22. The first-order valence-electron chi connectivity index (χ1n) is 7.82. The van der Waals surface area contributed by atoms with Crippen LogP contribution in [0.2, 0.25) is 0 Å². The van der Waals surface area contributed by atoms with Gasteiger partial charge in [0.25, 0.3) is 5.56 Å². The number of rotatable bonds is 4. The third-order valence-electron chi connectivity index (χ3n) is 4.12. The van der Waals surface area contributed by atoms with Gasteiger partial charge in [-0.15, -0.1) is 11.3 Å². The molecule has 0 atom stereocenters. The molecule has 2 aromatic rings. The van der Waals surface area contributed by atoms with Crippen LogP contribution in [0.4, 0.5) is 0 Å². The molecule has 6 nitrogen and oxygen atoms in total. The van der Waals surface area contributed by atoms with Crippen molar-refractivity contribution >= 4 is 27.5 Å². The smallest absolute Gasteiger partial charge is 0.348 e. The molecule has 0 fully saturated rings. The number of ether oxygens (including phenoxy) is 2. The minimum Gasteiger partial charge on any atom is -0.459 e. The summed E-state index contributed by atoms with van der Waals surface area (Å²) in [5.74, 6) is 0.419. The number of carbonyl (C=O) groups is 1. The van der Waals surface area contributed by atoms with Crippen LogP contribution in [0, 0.1) is 6.92 Å². The molecule has 0 bridgehead atoms. The molecule has 7 heteroatoms. The van der Waals surface area contributed by atoms with Crippen LogP contribution in [0.3, 0.4) is 0 Å². The second-order valence-electron chi connectivity index (χ2n) is 5.66. The first-order chi connectivity index (χ1) is 11.1. The van der Waals surface area contributed by atoms with Crippen molar-refractivity contribution in [3.63, 3.8) is 0 Å². The van der Waals surface area contributed by atoms with E-state index >= 15 is 0 Å². The van der Waals surface area contributed by atoms with E-state index in [0.717, 1.165) is 31.5 Å². The molecule has 0 unspecified atom stereocenters. The lowest BCUT2D eigenvalue weighted by Crippen LogP contribution is -2.24. The molecule has 0 aromatic carbocycles. The fraction of sp³-hybridized carbons (Fsp3) is 0.562. The molecule has 0 saturated carbocycles. The van der Waals surface area contributed by atoms with E-state index in [4.69, 9.17) is 9.47 Å². The Labute approximate surface area is 138 Å². The predicted octanol–water partition coefficient (Wildman–Crippen LogP) is 2.30. The highest BCUT2D eigenvalue weighted by atomic mass is 32.1. The number of hydrogen-bond acceptors (Lipinski definition) is 6. The number of fused-ring (bicyclic) bond motifs is 2. The molecule has 0 saturated heterocycles. The summed E-state index contributed by atoms with van der Waals surface area (Å²) in [5.41, 5.74) is 0.640. The van der Waals surface area contributed by atoms with E-state index < -0.39 is 5.97 Å². The molecule has 124 valence electrons. The Morgan fingerprint density at radius 2 is 2.13 bits per heavy atom. The van der Waals surface area contributed by atoms with Gasteiger partial charge in [0.15, 0.2) is 0 Å². The van der Waals surface area contributed by atoms with Gasteiger partial charge in [-0.05, 0) is 25.3 Å². The van der Waals surface area contributed by atoms with Gasteiger partial charge in [-0.3, -0.25) is 9.36 Å². The SMILES string of the molecule is COCCOC(=O)c1sc2nc3n(c(=O)c2c1C)CCCCC3. The normalized spacial score (nSPS) is 14.5. The zero-order valence-corrected chi connectivity index (χ0v) is 14.2. The molecular weight excluding hydrogens is 316 g/mol. The second-order valence-corrected chi connectivity index (χ2v) is 6.66. The predicted molar refractivity (Wildman–Crippen MR) is 88.3 cm³/mol. The van der Waals surface area contributed by atoms with Gasteiger partial charge in [-0.1, -0.05) is 6.42 Å². The maximum Gasteiger partial charge on any atom is 0.348 e. The van der Waals surface area contributed by atoms with E-state index in [-0.39, 0.29) is 12.2 Å². The van der Waals surface area contributed by atoms with E-state index in [0.29, 0.717) is 33.8 Å². The number of hydrogen-bond donors (Lipinski definition) is 0. The maximum absolute atomic E-state index is 12.8. The first-order valence-corrected chi connectivity index (χ1v) is 8.64. The van der Waals surface area contributed by atoms with Gasteiger partial charge in [0.2, 0.25) is 0 Å². The molecule has 0 spiro atoms. The van der Waals surface area contributed by atoms with Crippen molar-refractivity contribution in [3.8, 4) is 0 Å². The lowest BCUT2D eigenvalue weighted by Gasteiger charge is -2.08. The summed E-state index contributed by atoms with van der Waals surface area (Å²) in [6, 6.07) is 0. The van der Waals surface area contributed by atoms with Crippen LogP contribution < -0.4 is 5.56 Å². The van der Waals surface area contributed by atoms with E-state index in [9.17, 15) is 9.59 Å². The highest BCUT2D eigenvalue weighted by molar-refractivity contribution is 7.20. The van der Waals surface area contributed by atoms with Gasteiger partial charge in [0.1, 0.15) is 22.1 Å². The van der Waals surface area contributed by atoms with Gasteiger partial charge >= 0.3 is 5.97 Å². The van der Waals surface area contributed by atoms with Crippen molar-refractivity contribution in [1.82, 2.24) is 9.55 Å². The molecule has 23 heavy (non-hydrogen) atoms. The number of nitrogens with zero attached hydrogens (tertiary/aromatic N) is 2. The average molecular weight is 336 g/mol.